The topological polar surface area (TPSA) is 46.2 Å². The molecule has 0 heterocycles. The van der Waals surface area contributed by atoms with Crippen molar-refractivity contribution < 1.29 is 8.42 Å². The Bertz CT molecular complexity index is 222. The van der Waals surface area contributed by atoms with Crippen LogP contribution >= 0.6 is 15.9 Å². The van der Waals surface area contributed by atoms with Crippen LogP contribution in [0.15, 0.2) is 0 Å². The second-order valence-corrected chi connectivity index (χ2v) is 5.63. The summed E-state index contributed by atoms with van der Waals surface area (Å²) < 4.78 is 25.0. The normalized spacial score (nSPS) is 17.3. The minimum Gasteiger partial charge on any atom is -0.212 e. The molecule has 0 aliphatic carbocycles. The number of halogens is 1. The first kappa shape index (κ1) is 12.4. The van der Waals surface area contributed by atoms with Gasteiger partial charge in [-0.3, -0.25) is 0 Å². The molecule has 0 fully saturated rings. The van der Waals surface area contributed by atoms with Gasteiger partial charge in [0.05, 0.1) is 5.75 Å². The largest absolute Gasteiger partial charge is 0.212 e. The molecule has 0 aromatic heterocycles. The Hall–Kier alpha value is 0.390. The summed E-state index contributed by atoms with van der Waals surface area (Å²) in [6.07, 6.45) is 0.775. The molecular formula is C7H16BrNO2S. The highest BCUT2D eigenvalue weighted by Gasteiger charge is 2.25. The third-order valence-corrected chi connectivity index (χ3v) is 4.66. The van der Waals surface area contributed by atoms with E-state index in [1.54, 1.807) is 6.92 Å². The predicted molar refractivity (Wildman–Crippen MR) is 55.1 cm³/mol. The van der Waals surface area contributed by atoms with Crippen molar-refractivity contribution in [3.05, 3.63) is 0 Å². The van der Waals surface area contributed by atoms with E-state index in [4.69, 9.17) is 0 Å². The molecule has 3 nitrogen and oxygen atoms in total. The lowest BCUT2D eigenvalue weighted by atomic mass is 10.0. The van der Waals surface area contributed by atoms with Crippen LogP contribution in [0.3, 0.4) is 0 Å². The fourth-order valence-corrected chi connectivity index (χ4v) is 2.48. The van der Waals surface area contributed by atoms with Crippen LogP contribution < -0.4 is 4.72 Å². The molecule has 0 rings (SSSR count). The van der Waals surface area contributed by atoms with Gasteiger partial charge in [0.15, 0.2) is 0 Å². The summed E-state index contributed by atoms with van der Waals surface area (Å²) >= 11 is 3.29. The summed E-state index contributed by atoms with van der Waals surface area (Å²) in [6.45, 7) is 5.47. The third-order valence-electron chi connectivity index (χ3n) is 1.86. The van der Waals surface area contributed by atoms with Gasteiger partial charge in [0.2, 0.25) is 10.0 Å². The third kappa shape index (κ3) is 3.87. The van der Waals surface area contributed by atoms with Gasteiger partial charge in [0.25, 0.3) is 0 Å². The lowest BCUT2D eigenvalue weighted by Gasteiger charge is -2.26. The van der Waals surface area contributed by atoms with Gasteiger partial charge in [-0.1, -0.05) is 22.9 Å². The van der Waals surface area contributed by atoms with Crippen LogP contribution in [-0.2, 0) is 10.0 Å². The van der Waals surface area contributed by atoms with E-state index in [1.807, 2.05) is 13.8 Å². The monoisotopic (exact) mass is 257 g/mol. The van der Waals surface area contributed by atoms with Gasteiger partial charge >= 0.3 is 0 Å². The molecule has 12 heavy (non-hydrogen) atoms. The molecule has 0 bridgehead atoms. The number of alkyl halides is 1. The van der Waals surface area contributed by atoms with Crippen LogP contribution in [0.5, 0.6) is 0 Å². The van der Waals surface area contributed by atoms with Crippen LogP contribution in [0.4, 0.5) is 0 Å². The van der Waals surface area contributed by atoms with E-state index in [0.717, 1.165) is 6.42 Å². The molecule has 0 aromatic carbocycles. The van der Waals surface area contributed by atoms with E-state index in [1.165, 1.54) is 0 Å². The smallest absolute Gasteiger partial charge is 0.211 e. The molecule has 1 atom stereocenters. The van der Waals surface area contributed by atoms with Crippen LogP contribution in [0, 0.1) is 0 Å². The Morgan fingerprint density at radius 1 is 1.42 bits per heavy atom. The number of rotatable bonds is 5. The Morgan fingerprint density at radius 2 is 1.92 bits per heavy atom. The highest BCUT2D eigenvalue weighted by atomic mass is 79.9. The van der Waals surface area contributed by atoms with Crippen LogP contribution in [0.1, 0.15) is 27.2 Å². The maximum Gasteiger partial charge on any atom is 0.211 e. The zero-order valence-corrected chi connectivity index (χ0v) is 10.1. The summed E-state index contributed by atoms with van der Waals surface area (Å²) in [6, 6.07) is 0. The quantitative estimate of drug-likeness (QED) is 0.759. The Labute approximate surface area is 83.1 Å². The summed E-state index contributed by atoms with van der Waals surface area (Å²) in [7, 11) is -3.08. The number of nitrogens with one attached hydrogen (secondary N) is 1. The lowest BCUT2D eigenvalue weighted by molar-refractivity contribution is 0.450. The fourth-order valence-electron chi connectivity index (χ4n) is 0.642. The number of hydrogen-bond acceptors (Lipinski definition) is 2. The zero-order chi connectivity index (χ0) is 9.83. The van der Waals surface area contributed by atoms with E-state index in [9.17, 15) is 8.42 Å². The molecule has 1 unspecified atom stereocenters. The summed E-state index contributed by atoms with van der Waals surface area (Å²) in [5, 5.41) is 0.635. The van der Waals surface area contributed by atoms with Crippen molar-refractivity contribution >= 4 is 26.0 Å². The summed E-state index contributed by atoms with van der Waals surface area (Å²) in [5.74, 6) is 0.135. The van der Waals surface area contributed by atoms with E-state index >= 15 is 0 Å². The summed E-state index contributed by atoms with van der Waals surface area (Å²) in [4.78, 5) is 0. The highest BCUT2D eigenvalue weighted by Crippen LogP contribution is 2.13. The molecule has 0 radical (unpaired) electrons. The van der Waals surface area contributed by atoms with Gasteiger partial charge in [0, 0.05) is 10.9 Å². The molecule has 0 amide bonds. The van der Waals surface area contributed by atoms with Crippen molar-refractivity contribution in [2.45, 2.75) is 32.7 Å². The van der Waals surface area contributed by atoms with Crippen LogP contribution in [0.2, 0.25) is 0 Å². The first-order valence-corrected chi connectivity index (χ1v) is 6.74. The van der Waals surface area contributed by atoms with Gasteiger partial charge in [-0.2, -0.15) is 0 Å². The van der Waals surface area contributed by atoms with Gasteiger partial charge in [-0.25, -0.2) is 13.1 Å². The molecule has 0 aliphatic rings. The van der Waals surface area contributed by atoms with Crippen molar-refractivity contribution in [1.82, 2.24) is 4.72 Å². The Morgan fingerprint density at radius 3 is 2.17 bits per heavy atom. The first-order chi connectivity index (χ1) is 5.39. The SMILES string of the molecule is CCC(C)(CBr)NS(=O)(=O)CC. The standard InChI is InChI=1S/C7H16BrNO2S/c1-4-7(3,6-8)9-12(10,11)5-2/h9H,4-6H2,1-3H3. The highest BCUT2D eigenvalue weighted by molar-refractivity contribution is 9.09. The molecule has 1 N–H and O–H groups in total. The number of hydrogen-bond donors (Lipinski definition) is 1. The minimum absolute atomic E-state index is 0.135. The van der Waals surface area contributed by atoms with Crippen LogP contribution in [-0.4, -0.2) is 25.0 Å². The minimum atomic E-state index is -3.08. The Balaban J connectivity index is 4.42. The first-order valence-electron chi connectivity index (χ1n) is 3.96. The Kier molecular flexibility index (Phi) is 4.73. The van der Waals surface area contributed by atoms with E-state index in [0.29, 0.717) is 5.33 Å². The predicted octanol–water partition coefficient (Wildman–Crippen LogP) is 1.49. The molecule has 0 saturated heterocycles. The van der Waals surface area contributed by atoms with E-state index in [2.05, 4.69) is 20.7 Å². The second-order valence-electron chi connectivity index (χ2n) is 3.05. The fraction of sp³-hybridized carbons (Fsp3) is 1.00. The zero-order valence-electron chi connectivity index (χ0n) is 7.72. The van der Waals surface area contributed by atoms with Crippen molar-refractivity contribution in [2.75, 3.05) is 11.1 Å². The van der Waals surface area contributed by atoms with Gasteiger partial charge in [-0.15, -0.1) is 0 Å². The molecule has 0 aliphatic heterocycles. The molecular weight excluding hydrogens is 242 g/mol. The molecule has 0 spiro atoms. The van der Waals surface area contributed by atoms with Crippen molar-refractivity contribution in [2.24, 2.45) is 0 Å². The number of sulfonamides is 1. The summed E-state index contributed by atoms with van der Waals surface area (Å²) in [5.41, 5.74) is -0.352. The molecule has 5 heteroatoms. The van der Waals surface area contributed by atoms with E-state index < -0.39 is 10.0 Å². The second kappa shape index (κ2) is 4.58. The van der Waals surface area contributed by atoms with E-state index in [-0.39, 0.29) is 11.3 Å². The average molecular weight is 258 g/mol. The maximum absolute atomic E-state index is 11.2. The molecule has 74 valence electrons. The average Bonchev–Trinajstić information content (AvgIpc) is 2.04. The molecule has 0 saturated carbocycles. The maximum atomic E-state index is 11.2. The molecule has 0 aromatic rings. The van der Waals surface area contributed by atoms with Gasteiger partial charge in [0.1, 0.15) is 0 Å². The lowest BCUT2D eigenvalue weighted by Crippen LogP contribution is -2.47. The van der Waals surface area contributed by atoms with Crippen molar-refractivity contribution in [3.8, 4) is 0 Å². The van der Waals surface area contributed by atoms with Gasteiger partial charge < -0.3 is 0 Å². The van der Waals surface area contributed by atoms with Crippen LogP contribution in [0.25, 0.3) is 0 Å². The van der Waals surface area contributed by atoms with Crippen molar-refractivity contribution in [1.29, 1.82) is 0 Å². The van der Waals surface area contributed by atoms with Crippen molar-refractivity contribution in [3.63, 3.8) is 0 Å². The van der Waals surface area contributed by atoms with Gasteiger partial charge in [-0.05, 0) is 20.3 Å².